The van der Waals surface area contributed by atoms with Gasteiger partial charge >= 0.3 is 0 Å². The van der Waals surface area contributed by atoms with Gasteiger partial charge in [-0.05, 0) is 45.8 Å². The van der Waals surface area contributed by atoms with Gasteiger partial charge in [0.1, 0.15) is 5.52 Å². The van der Waals surface area contributed by atoms with Crippen LogP contribution in [-0.4, -0.2) is 15.9 Å². The zero-order valence-electron chi connectivity index (χ0n) is 11.6. The standard InChI is InChI=1S/C16H13BrN4O/c17-12-7-14-15(21-9-12)13(4-5-19-14)20-8-10-2-1-3-11(6-10)16(18)22/h1-7,9H,8H2,(H2,18,22)(H,19,20). The van der Waals surface area contributed by atoms with Gasteiger partial charge in [0, 0.05) is 29.0 Å². The van der Waals surface area contributed by atoms with E-state index in [1.807, 2.05) is 24.3 Å². The van der Waals surface area contributed by atoms with E-state index >= 15 is 0 Å². The second-order valence-electron chi connectivity index (χ2n) is 4.80. The fraction of sp³-hybridized carbons (Fsp3) is 0.0625. The van der Waals surface area contributed by atoms with E-state index < -0.39 is 5.91 Å². The number of carbonyl (C=O) groups excluding carboxylic acids is 1. The molecule has 0 radical (unpaired) electrons. The van der Waals surface area contributed by atoms with Gasteiger partial charge in [-0.1, -0.05) is 12.1 Å². The summed E-state index contributed by atoms with van der Waals surface area (Å²) in [4.78, 5) is 19.9. The normalized spacial score (nSPS) is 10.6. The molecule has 0 spiro atoms. The molecule has 0 unspecified atom stereocenters. The van der Waals surface area contributed by atoms with E-state index in [4.69, 9.17) is 5.73 Å². The number of pyridine rings is 2. The van der Waals surface area contributed by atoms with Gasteiger partial charge in [-0.25, -0.2) is 0 Å². The monoisotopic (exact) mass is 356 g/mol. The highest BCUT2D eigenvalue weighted by atomic mass is 79.9. The summed E-state index contributed by atoms with van der Waals surface area (Å²) in [7, 11) is 0. The van der Waals surface area contributed by atoms with Crippen molar-refractivity contribution in [1.29, 1.82) is 0 Å². The predicted molar refractivity (Wildman–Crippen MR) is 89.5 cm³/mol. The predicted octanol–water partition coefficient (Wildman–Crippen LogP) is 3.10. The van der Waals surface area contributed by atoms with E-state index in [2.05, 4.69) is 31.2 Å². The lowest BCUT2D eigenvalue weighted by Gasteiger charge is -2.09. The average Bonchev–Trinajstić information content (AvgIpc) is 2.52. The van der Waals surface area contributed by atoms with Crippen LogP contribution in [0.25, 0.3) is 11.0 Å². The average molecular weight is 357 g/mol. The second-order valence-corrected chi connectivity index (χ2v) is 5.71. The second kappa shape index (κ2) is 6.11. The van der Waals surface area contributed by atoms with Crippen LogP contribution in [0.15, 0.2) is 53.3 Å². The molecule has 2 heterocycles. The number of nitrogens with zero attached hydrogens (tertiary/aromatic N) is 2. The molecule has 0 bridgehead atoms. The molecule has 1 aromatic carbocycles. The van der Waals surface area contributed by atoms with Crippen LogP contribution in [0.2, 0.25) is 0 Å². The quantitative estimate of drug-likeness (QED) is 0.752. The summed E-state index contributed by atoms with van der Waals surface area (Å²) < 4.78 is 0.888. The van der Waals surface area contributed by atoms with Gasteiger partial charge in [-0.2, -0.15) is 0 Å². The molecule has 0 saturated carbocycles. The molecule has 110 valence electrons. The van der Waals surface area contributed by atoms with Crippen LogP contribution in [-0.2, 0) is 6.54 Å². The molecule has 22 heavy (non-hydrogen) atoms. The van der Waals surface area contributed by atoms with Crippen LogP contribution in [0.1, 0.15) is 15.9 Å². The molecule has 3 rings (SSSR count). The molecule has 5 nitrogen and oxygen atoms in total. The summed E-state index contributed by atoms with van der Waals surface area (Å²) in [6, 6.07) is 11.0. The van der Waals surface area contributed by atoms with Crippen LogP contribution in [0.4, 0.5) is 5.69 Å². The number of amides is 1. The van der Waals surface area contributed by atoms with Gasteiger partial charge in [0.15, 0.2) is 0 Å². The molecule has 0 aliphatic rings. The summed E-state index contributed by atoms with van der Waals surface area (Å²) in [6.07, 6.45) is 3.47. The summed E-state index contributed by atoms with van der Waals surface area (Å²) in [6.45, 7) is 0.567. The number of fused-ring (bicyclic) bond motifs is 1. The van der Waals surface area contributed by atoms with Crippen molar-refractivity contribution >= 4 is 38.6 Å². The summed E-state index contributed by atoms with van der Waals surface area (Å²) in [5.41, 5.74) is 9.27. The number of anilines is 1. The Morgan fingerprint density at radius 3 is 2.91 bits per heavy atom. The van der Waals surface area contributed by atoms with Crippen LogP contribution in [0, 0.1) is 0 Å². The Labute approximate surface area is 135 Å². The van der Waals surface area contributed by atoms with E-state index in [9.17, 15) is 4.79 Å². The Morgan fingerprint density at radius 2 is 2.09 bits per heavy atom. The van der Waals surface area contributed by atoms with Gasteiger partial charge in [0.25, 0.3) is 0 Å². The minimum absolute atomic E-state index is 0.428. The Morgan fingerprint density at radius 1 is 1.23 bits per heavy atom. The van der Waals surface area contributed by atoms with E-state index in [-0.39, 0.29) is 0 Å². The summed E-state index contributed by atoms with van der Waals surface area (Å²) in [5.74, 6) is -0.428. The Bertz CT molecular complexity index is 850. The van der Waals surface area contributed by atoms with Crippen molar-refractivity contribution in [1.82, 2.24) is 9.97 Å². The molecule has 0 aliphatic heterocycles. The fourth-order valence-corrected chi connectivity index (χ4v) is 2.50. The van der Waals surface area contributed by atoms with E-state index in [1.54, 1.807) is 24.5 Å². The Kier molecular flexibility index (Phi) is 4.02. The number of nitrogens with one attached hydrogen (secondary N) is 1. The Balaban J connectivity index is 1.85. The zero-order valence-corrected chi connectivity index (χ0v) is 13.2. The minimum atomic E-state index is -0.428. The highest BCUT2D eigenvalue weighted by Gasteiger charge is 2.05. The maximum Gasteiger partial charge on any atom is 0.248 e. The zero-order chi connectivity index (χ0) is 15.5. The number of halogens is 1. The van der Waals surface area contributed by atoms with Gasteiger partial charge in [-0.15, -0.1) is 0 Å². The number of hydrogen-bond donors (Lipinski definition) is 2. The van der Waals surface area contributed by atoms with Gasteiger partial charge in [0.05, 0.1) is 11.2 Å². The fourth-order valence-electron chi connectivity index (χ4n) is 2.18. The summed E-state index contributed by atoms with van der Waals surface area (Å²) in [5, 5.41) is 3.32. The van der Waals surface area contributed by atoms with E-state index in [0.717, 1.165) is 26.8 Å². The van der Waals surface area contributed by atoms with E-state index in [1.165, 1.54) is 0 Å². The van der Waals surface area contributed by atoms with Crippen molar-refractivity contribution in [2.45, 2.75) is 6.54 Å². The lowest BCUT2D eigenvalue weighted by atomic mass is 10.1. The molecular formula is C16H13BrN4O. The maximum absolute atomic E-state index is 11.2. The van der Waals surface area contributed by atoms with Crippen molar-refractivity contribution in [3.05, 3.63) is 64.4 Å². The SMILES string of the molecule is NC(=O)c1cccc(CNc2ccnc3cc(Br)cnc23)c1. The van der Waals surface area contributed by atoms with Crippen LogP contribution < -0.4 is 11.1 Å². The highest BCUT2D eigenvalue weighted by Crippen LogP contribution is 2.22. The number of hydrogen-bond acceptors (Lipinski definition) is 4. The van der Waals surface area contributed by atoms with E-state index in [0.29, 0.717) is 12.1 Å². The van der Waals surface area contributed by atoms with Crippen molar-refractivity contribution < 1.29 is 4.79 Å². The third-order valence-electron chi connectivity index (χ3n) is 3.24. The first kappa shape index (κ1) is 14.5. The van der Waals surface area contributed by atoms with Gasteiger partial charge in [0.2, 0.25) is 5.91 Å². The first-order valence-electron chi connectivity index (χ1n) is 6.66. The number of benzene rings is 1. The molecule has 1 amide bonds. The van der Waals surface area contributed by atoms with Crippen LogP contribution in [0.3, 0.4) is 0 Å². The molecule has 0 aliphatic carbocycles. The molecule has 2 aromatic heterocycles. The molecule has 0 fully saturated rings. The molecule has 0 atom stereocenters. The molecule has 0 saturated heterocycles. The number of carbonyl (C=O) groups is 1. The van der Waals surface area contributed by atoms with Crippen molar-refractivity contribution in [3.8, 4) is 0 Å². The molecule has 3 aromatic rings. The van der Waals surface area contributed by atoms with Gasteiger partial charge < -0.3 is 11.1 Å². The third-order valence-corrected chi connectivity index (χ3v) is 3.67. The molecule has 3 N–H and O–H groups in total. The van der Waals surface area contributed by atoms with Crippen molar-refractivity contribution in [3.63, 3.8) is 0 Å². The maximum atomic E-state index is 11.2. The largest absolute Gasteiger partial charge is 0.379 e. The minimum Gasteiger partial charge on any atom is -0.379 e. The molecule has 6 heteroatoms. The van der Waals surface area contributed by atoms with Gasteiger partial charge in [-0.3, -0.25) is 14.8 Å². The number of nitrogens with two attached hydrogens (primary N) is 1. The highest BCUT2D eigenvalue weighted by molar-refractivity contribution is 9.10. The van der Waals surface area contributed by atoms with Crippen molar-refractivity contribution in [2.75, 3.05) is 5.32 Å². The number of rotatable bonds is 4. The van der Waals surface area contributed by atoms with Crippen LogP contribution >= 0.6 is 15.9 Å². The first-order valence-corrected chi connectivity index (χ1v) is 7.45. The Hall–Kier alpha value is -2.47. The first-order chi connectivity index (χ1) is 10.6. The topological polar surface area (TPSA) is 80.9 Å². The van der Waals surface area contributed by atoms with Crippen molar-refractivity contribution in [2.24, 2.45) is 5.73 Å². The molecular weight excluding hydrogens is 344 g/mol. The smallest absolute Gasteiger partial charge is 0.248 e. The lowest BCUT2D eigenvalue weighted by molar-refractivity contribution is 0.1000. The summed E-state index contributed by atoms with van der Waals surface area (Å²) >= 11 is 3.39. The van der Waals surface area contributed by atoms with Crippen LogP contribution in [0.5, 0.6) is 0 Å². The number of primary amides is 1. The lowest BCUT2D eigenvalue weighted by Crippen LogP contribution is -2.11. The third kappa shape index (κ3) is 3.07. The number of aromatic nitrogens is 2.